The molecule has 2 aromatic carbocycles. The number of amides is 1. The summed E-state index contributed by atoms with van der Waals surface area (Å²) in [7, 11) is 0. The molecule has 3 aromatic rings. The van der Waals surface area contributed by atoms with Gasteiger partial charge < -0.3 is 9.88 Å². The molecule has 1 N–H and O–H groups in total. The third-order valence-corrected chi connectivity index (χ3v) is 5.86. The van der Waals surface area contributed by atoms with E-state index in [0.29, 0.717) is 23.6 Å². The van der Waals surface area contributed by atoms with Crippen molar-refractivity contribution in [2.75, 3.05) is 11.1 Å². The number of carbonyl (C=O) groups is 1. The lowest BCUT2D eigenvalue weighted by atomic mass is 10.2. The van der Waals surface area contributed by atoms with Crippen molar-refractivity contribution in [2.45, 2.75) is 18.6 Å². The van der Waals surface area contributed by atoms with E-state index in [1.807, 2.05) is 35.8 Å². The fraction of sp³-hybridized carbons (Fsp3) is 0.167. The van der Waals surface area contributed by atoms with Gasteiger partial charge in [-0.05, 0) is 41.1 Å². The molecule has 0 radical (unpaired) electrons. The Morgan fingerprint density at radius 1 is 1.18 bits per heavy atom. The van der Waals surface area contributed by atoms with Crippen LogP contribution in [0.15, 0.2) is 50.5 Å². The number of anilines is 1. The molecule has 0 aliphatic carbocycles. The Morgan fingerprint density at radius 3 is 2.54 bits per heavy atom. The van der Waals surface area contributed by atoms with E-state index in [1.54, 1.807) is 0 Å². The van der Waals surface area contributed by atoms with E-state index in [0.717, 1.165) is 16.1 Å². The standard InChI is InChI=1S/C18H14Br2F2N4OS/c1-2-26-17(10-3-5-11(19)6-4-10)24-25-18(26)28-9-15(27)23-16-13(20)7-12(21)8-14(16)22/h3-8H,2,9H2,1H3,(H,23,27). The Kier molecular flexibility index (Phi) is 6.84. The quantitative estimate of drug-likeness (QED) is 0.427. The maximum atomic E-state index is 13.9. The number of carbonyl (C=O) groups excluding carboxylic acids is 1. The van der Waals surface area contributed by atoms with Crippen LogP contribution in [0.3, 0.4) is 0 Å². The van der Waals surface area contributed by atoms with Crippen molar-refractivity contribution in [2.24, 2.45) is 0 Å². The van der Waals surface area contributed by atoms with Crippen LogP contribution < -0.4 is 5.32 Å². The predicted octanol–water partition coefficient (Wildman–Crippen LogP) is 5.50. The smallest absolute Gasteiger partial charge is 0.234 e. The van der Waals surface area contributed by atoms with Crippen LogP contribution in [0.4, 0.5) is 14.5 Å². The molecule has 0 atom stereocenters. The first-order chi connectivity index (χ1) is 13.4. The van der Waals surface area contributed by atoms with Crippen molar-refractivity contribution < 1.29 is 13.6 Å². The Bertz CT molecular complexity index is 988. The summed E-state index contributed by atoms with van der Waals surface area (Å²) in [6, 6.07) is 9.49. The van der Waals surface area contributed by atoms with Gasteiger partial charge in [0.15, 0.2) is 16.8 Å². The van der Waals surface area contributed by atoms with E-state index in [4.69, 9.17) is 0 Å². The van der Waals surface area contributed by atoms with E-state index < -0.39 is 17.5 Å². The molecule has 0 aliphatic rings. The molecule has 1 aromatic heterocycles. The second-order valence-electron chi connectivity index (χ2n) is 5.64. The predicted molar refractivity (Wildman–Crippen MR) is 112 cm³/mol. The van der Waals surface area contributed by atoms with Crippen LogP contribution in [0.2, 0.25) is 0 Å². The SMILES string of the molecule is CCn1c(SCC(=O)Nc2c(F)cc(F)cc2Br)nnc1-c1ccc(Br)cc1. The zero-order valence-electron chi connectivity index (χ0n) is 14.5. The van der Waals surface area contributed by atoms with Gasteiger partial charge in [-0.3, -0.25) is 4.79 Å². The number of halogens is 4. The molecule has 0 bridgehead atoms. The van der Waals surface area contributed by atoms with Crippen molar-refractivity contribution in [1.29, 1.82) is 0 Å². The topological polar surface area (TPSA) is 59.8 Å². The van der Waals surface area contributed by atoms with Crippen LogP contribution in [-0.4, -0.2) is 26.4 Å². The minimum Gasteiger partial charge on any atom is -0.322 e. The van der Waals surface area contributed by atoms with Gasteiger partial charge in [0.25, 0.3) is 0 Å². The molecule has 3 rings (SSSR count). The normalized spacial score (nSPS) is 10.9. The number of benzene rings is 2. The van der Waals surface area contributed by atoms with Gasteiger partial charge in [-0.2, -0.15) is 0 Å². The summed E-state index contributed by atoms with van der Waals surface area (Å²) >= 11 is 7.64. The molecular weight excluding hydrogens is 518 g/mol. The van der Waals surface area contributed by atoms with Gasteiger partial charge >= 0.3 is 0 Å². The lowest BCUT2D eigenvalue weighted by Crippen LogP contribution is -2.16. The highest BCUT2D eigenvalue weighted by molar-refractivity contribution is 9.10. The molecule has 0 unspecified atom stereocenters. The third-order valence-electron chi connectivity index (χ3n) is 3.74. The van der Waals surface area contributed by atoms with Gasteiger partial charge in [0, 0.05) is 27.1 Å². The number of nitrogens with zero attached hydrogens (tertiary/aromatic N) is 3. The average Bonchev–Trinajstić information content (AvgIpc) is 3.06. The van der Waals surface area contributed by atoms with Crippen molar-refractivity contribution >= 4 is 55.2 Å². The molecule has 1 heterocycles. The maximum Gasteiger partial charge on any atom is 0.234 e. The molecule has 5 nitrogen and oxygen atoms in total. The molecule has 28 heavy (non-hydrogen) atoms. The number of thioether (sulfide) groups is 1. The molecule has 0 saturated heterocycles. The highest BCUT2D eigenvalue weighted by atomic mass is 79.9. The van der Waals surface area contributed by atoms with Crippen LogP contribution in [-0.2, 0) is 11.3 Å². The first-order valence-electron chi connectivity index (χ1n) is 8.15. The van der Waals surface area contributed by atoms with Gasteiger partial charge in [0.1, 0.15) is 5.82 Å². The van der Waals surface area contributed by atoms with Gasteiger partial charge in [0.2, 0.25) is 5.91 Å². The van der Waals surface area contributed by atoms with Gasteiger partial charge in [-0.1, -0.05) is 39.8 Å². The van der Waals surface area contributed by atoms with E-state index in [1.165, 1.54) is 11.8 Å². The average molecular weight is 532 g/mol. The highest BCUT2D eigenvalue weighted by Crippen LogP contribution is 2.28. The summed E-state index contributed by atoms with van der Waals surface area (Å²) in [4.78, 5) is 12.2. The molecule has 1 amide bonds. The van der Waals surface area contributed by atoms with Crippen LogP contribution in [0, 0.1) is 11.6 Å². The lowest BCUT2D eigenvalue weighted by molar-refractivity contribution is -0.113. The number of hydrogen-bond acceptors (Lipinski definition) is 4. The summed E-state index contributed by atoms with van der Waals surface area (Å²) < 4.78 is 30.0. The monoisotopic (exact) mass is 530 g/mol. The lowest BCUT2D eigenvalue weighted by Gasteiger charge is -2.09. The maximum absolute atomic E-state index is 13.9. The summed E-state index contributed by atoms with van der Waals surface area (Å²) in [6.45, 7) is 2.58. The van der Waals surface area contributed by atoms with E-state index in [9.17, 15) is 13.6 Å². The fourth-order valence-electron chi connectivity index (χ4n) is 2.46. The minimum atomic E-state index is -0.848. The summed E-state index contributed by atoms with van der Waals surface area (Å²) in [5.74, 6) is -1.31. The van der Waals surface area contributed by atoms with E-state index in [-0.39, 0.29) is 15.9 Å². The Hall–Kier alpha value is -1.78. The zero-order chi connectivity index (χ0) is 20.3. The van der Waals surface area contributed by atoms with Crippen molar-refractivity contribution in [3.8, 4) is 11.4 Å². The minimum absolute atomic E-state index is 0.00171. The first kappa shape index (κ1) is 20.9. The number of aromatic nitrogens is 3. The van der Waals surface area contributed by atoms with E-state index >= 15 is 0 Å². The third kappa shape index (κ3) is 4.79. The Balaban J connectivity index is 1.71. The molecule has 0 aliphatic heterocycles. The zero-order valence-corrected chi connectivity index (χ0v) is 18.5. The summed E-state index contributed by atoms with van der Waals surface area (Å²) in [5, 5.41) is 11.4. The second-order valence-corrected chi connectivity index (χ2v) is 8.35. The molecule has 0 fully saturated rings. The van der Waals surface area contributed by atoms with Crippen molar-refractivity contribution in [3.05, 3.63) is 57.0 Å². The van der Waals surface area contributed by atoms with Gasteiger partial charge in [-0.25, -0.2) is 8.78 Å². The van der Waals surface area contributed by atoms with Crippen LogP contribution in [0.25, 0.3) is 11.4 Å². The summed E-state index contributed by atoms with van der Waals surface area (Å²) in [5.41, 5.74) is 0.811. The largest absolute Gasteiger partial charge is 0.322 e. The first-order valence-corrected chi connectivity index (χ1v) is 10.7. The Labute approximate surface area is 181 Å². The molecule has 0 saturated carbocycles. The van der Waals surface area contributed by atoms with Gasteiger partial charge in [-0.15, -0.1) is 10.2 Å². The molecule has 10 heteroatoms. The Morgan fingerprint density at radius 2 is 1.89 bits per heavy atom. The van der Waals surface area contributed by atoms with Crippen molar-refractivity contribution in [1.82, 2.24) is 14.8 Å². The molecule has 0 spiro atoms. The number of nitrogens with one attached hydrogen (secondary N) is 1. The highest BCUT2D eigenvalue weighted by Gasteiger charge is 2.16. The molecule has 146 valence electrons. The van der Waals surface area contributed by atoms with Crippen LogP contribution >= 0.6 is 43.6 Å². The fourth-order valence-corrected chi connectivity index (χ4v) is 4.03. The van der Waals surface area contributed by atoms with E-state index in [2.05, 4.69) is 47.4 Å². The number of hydrogen-bond donors (Lipinski definition) is 1. The van der Waals surface area contributed by atoms with Gasteiger partial charge in [0.05, 0.1) is 11.4 Å². The van der Waals surface area contributed by atoms with Crippen LogP contribution in [0.5, 0.6) is 0 Å². The summed E-state index contributed by atoms with van der Waals surface area (Å²) in [6.07, 6.45) is 0. The molecular formula is C18H14Br2F2N4OS. The van der Waals surface area contributed by atoms with Crippen LogP contribution in [0.1, 0.15) is 6.92 Å². The second kappa shape index (κ2) is 9.15. The number of rotatable bonds is 6. The van der Waals surface area contributed by atoms with Crippen molar-refractivity contribution in [3.63, 3.8) is 0 Å².